The van der Waals surface area contributed by atoms with Gasteiger partial charge in [-0.1, -0.05) is 19.1 Å². The molecule has 4 rings (SSSR count). The van der Waals surface area contributed by atoms with E-state index >= 15 is 0 Å². The molecule has 2 heterocycles. The van der Waals surface area contributed by atoms with Crippen LogP contribution in [-0.4, -0.2) is 37.5 Å². The Labute approximate surface area is 186 Å². The van der Waals surface area contributed by atoms with Gasteiger partial charge in [0.1, 0.15) is 13.2 Å². The summed E-state index contributed by atoms with van der Waals surface area (Å²) in [5, 5.41) is 5.75. The van der Waals surface area contributed by atoms with Crippen LogP contribution in [0.3, 0.4) is 0 Å². The van der Waals surface area contributed by atoms with Crippen molar-refractivity contribution in [3.05, 3.63) is 48.0 Å². The molecule has 2 aliphatic heterocycles. The molecule has 1 fully saturated rings. The molecule has 3 amide bonds. The van der Waals surface area contributed by atoms with Gasteiger partial charge in [0.25, 0.3) is 0 Å². The second-order valence-electron chi connectivity index (χ2n) is 7.95. The molecule has 32 heavy (non-hydrogen) atoms. The van der Waals surface area contributed by atoms with Gasteiger partial charge < -0.3 is 25.0 Å². The number of carbonyl (C=O) groups excluding carboxylic acids is 3. The van der Waals surface area contributed by atoms with Gasteiger partial charge in [-0.05, 0) is 36.2 Å². The summed E-state index contributed by atoms with van der Waals surface area (Å²) >= 11 is 0. The molecular weight excluding hydrogens is 410 g/mol. The van der Waals surface area contributed by atoms with E-state index in [2.05, 4.69) is 10.6 Å². The average Bonchev–Trinajstić information content (AvgIpc) is 3.20. The minimum absolute atomic E-state index is 0.0120. The van der Waals surface area contributed by atoms with E-state index in [0.29, 0.717) is 49.9 Å². The lowest BCUT2D eigenvalue weighted by Gasteiger charge is -2.22. The first-order valence-electron chi connectivity index (χ1n) is 10.9. The Balaban J connectivity index is 1.31. The van der Waals surface area contributed by atoms with Crippen LogP contribution >= 0.6 is 0 Å². The summed E-state index contributed by atoms with van der Waals surface area (Å²) in [5.41, 5.74) is 2.35. The Hall–Kier alpha value is -3.55. The zero-order chi connectivity index (χ0) is 22.5. The van der Waals surface area contributed by atoms with Crippen LogP contribution in [0.1, 0.15) is 31.7 Å². The maximum absolute atomic E-state index is 12.7. The van der Waals surface area contributed by atoms with Gasteiger partial charge in [-0.3, -0.25) is 14.4 Å². The number of rotatable bonds is 7. The summed E-state index contributed by atoms with van der Waals surface area (Å²) in [6.07, 6.45) is 1.45. The third kappa shape index (κ3) is 5.01. The number of nitrogens with one attached hydrogen (secondary N) is 2. The quantitative estimate of drug-likeness (QED) is 0.694. The summed E-state index contributed by atoms with van der Waals surface area (Å²) in [4.78, 5) is 38.5. The number of anilines is 2. The molecule has 2 aromatic carbocycles. The van der Waals surface area contributed by atoms with Crippen LogP contribution in [0.5, 0.6) is 11.5 Å². The van der Waals surface area contributed by atoms with E-state index < -0.39 is 5.92 Å². The van der Waals surface area contributed by atoms with Gasteiger partial charge in [-0.2, -0.15) is 0 Å². The molecule has 0 bridgehead atoms. The zero-order valence-corrected chi connectivity index (χ0v) is 18.1. The molecule has 8 heteroatoms. The second-order valence-corrected chi connectivity index (χ2v) is 7.95. The highest BCUT2D eigenvalue weighted by Crippen LogP contribution is 2.36. The first-order valence-corrected chi connectivity index (χ1v) is 10.9. The van der Waals surface area contributed by atoms with Gasteiger partial charge in [-0.25, -0.2) is 0 Å². The molecule has 168 valence electrons. The number of benzene rings is 2. The summed E-state index contributed by atoms with van der Waals surface area (Å²) in [6.45, 7) is 3.62. The van der Waals surface area contributed by atoms with Crippen LogP contribution in [0, 0.1) is 5.92 Å². The van der Waals surface area contributed by atoms with Gasteiger partial charge in [0.05, 0.1) is 5.92 Å². The van der Waals surface area contributed by atoms with E-state index in [1.165, 1.54) is 0 Å². The molecule has 1 unspecified atom stereocenters. The van der Waals surface area contributed by atoms with Crippen molar-refractivity contribution in [2.45, 2.75) is 32.7 Å². The van der Waals surface area contributed by atoms with Gasteiger partial charge in [0.2, 0.25) is 17.7 Å². The fourth-order valence-electron chi connectivity index (χ4n) is 3.82. The monoisotopic (exact) mass is 437 g/mol. The van der Waals surface area contributed by atoms with Crippen molar-refractivity contribution in [2.75, 3.05) is 30.0 Å². The SMILES string of the molecule is CCCC(=O)Nc1ccc(CNC(=O)C2CC(=O)N(c3ccc4c(c3)OCCO4)C2)cc1. The van der Waals surface area contributed by atoms with Gasteiger partial charge in [0.15, 0.2) is 11.5 Å². The van der Waals surface area contributed by atoms with Crippen LogP contribution in [0.2, 0.25) is 0 Å². The number of nitrogens with zero attached hydrogens (tertiary/aromatic N) is 1. The summed E-state index contributed by atoms with van der Waals surface area (Å²) < 4.78 is 11.1. The van der Waals surface area contributed by atoms with Crippen molar-refractivity contribution in [3.8, 4) is 11.5 Å². The number of carbonyl (C=O) groups is 3. The Kier molecular flexibility index (Phi) is 6.58. The number of hydrogen-bond donors (Lipinski definition) is 2. The highest BCUT2D eigenvalue weighted by Gasteiger charge is 2.35. The lowest BCUT2D eigenvalue weighted by Crippen LogP contribution is -2.32. The van der Waals surface area contributed by atoms with Crippen molar-refractivity contribution < 1.29 is 23.9 Å². The minimum atomic E-state index is -0.414. The Morgan fingerprint density at radius 2 is 1.81 bits per heavy atom. The molecule has 0 spiro atoms. The molecule has 2 aromatic rings. The highest BCUT2D eigenvalue weighted by molar-refractivity contribution is 6.00. The first kappa shape index (κ1) is 21.7. The van der Waals surface area contributed by atoms with E-state index in [4.69, 9.17) is 9.47 Å². The smallest absolute Gasteiger partial charge is 0.227 e. The summed E-state index contributed by atoms with van der Waals surface area (Å²) in [5.74, 6) is 0.610. The van der Waals surface area contributed by atoms with Crippen LogP contribution in [0.25, 0.3) is 0 Å². The lowest BCUT2D eigenvalue weighted by atomic mass is 10.1. The molecule has 0 radical (unpaired) electrons. The third-order valence-electron chi connectivity index (χ3n) is 5.51. The molecule has 1 atom stereocenters. The van der Waals surface area contributed by atoms with Crippen LogP contribution in [0.4, 0.5) is 11.4 Å². The zero-order valence-electron chi connectivity index (χ0n) is 18.1. The second kappa shape index (κ2) is 9.72. The molecule has 0 aliphatic carbocycles. The Morgan fingerprint density at radius 1 is 1.06 bits per heavy atom. The molecular formula is C24H27N3O5. The molecule has 0 aromatic heterocycles. The van der Waals surface area contributed by atoms with E-state index in [-0.39, 0.29) is 24.1 Å². The first-order chi connectivity index (χ1) is 15.5. The van der Waals surface area contributed by atoms with E-state index in [1.54, 1.807) is 17.0 Å². The van der Waals surface area contributed by atoms with Gasteiger partial charge in [-0.15, -0.1) is 0 Å². The number of amides is 3. The topological polar surface area (TPSA) is 97.0 Å². The van der Waals surface area contributed by atoms with Crippen molar-refractivity contribution in [3.63, 3.8) is 0 Å². The van der Waals surface area contributed by atoms with E-state index in [9.17, 15) is 14.4 Å². The maximum atomic E-state index is 12.7. The van der Waals surface area contributed by atoms with Gasteiger partial charge >= 0.3 is 0 Å². The largest absolute Gasteiger partial charge is 0.486 e. The molecule has 0 saturated carbocycles. The van der Waals surface area contributed by atoms with E-state index in [1.807, 2.05) is 37.3 Å². The fourth-order valence-corrected chi connectivity index (χ4v) is 3.82. The Morgan fingerprint density at radius 3 is 2.56 bits per heavy atom. The molecule has 8 nitrogen and oxygen atoms in total. The predicted octanol–water partition coefficient (Wildman–Crippen LogP) is 2.87. The predicted molar refractivity (Wildman–Crippen MR) is 120 cm³/mol. The number of ether oxygens (including phenoxy) is 2. The van der Waals surface area contributed by atoms with Crippen molar-refractivity contribution >= 4 is 29.1 Å². The third-order valence-corrected chi connectivity index (χ3v) is 5.51. The number of fused-ring (bicyclic) bond motifs is 1. The summed E-state index contributed by atoms with van der Waals surface area (Å²) in [6, 6.07) is 12.8. The van der Waals surface area contributed by atoms with Crippen molar-refractivity contribution in [1.29, 1.82) is 0 Å². The van der Waals surface area contributed by atoms with Crippen molar-refractivity contribution in [1.82, 2.24) is 5.32 Å². The minimum Gasteiger partial charge on any atom is -0.486 e. The highest BCUT2D eigenvalue weighted by atomic mass is 16.6. The lowest BCUT2D eigenvalue weighted by molar-refractivity contribution is -0.126. The van der Waals surface area contributed by atoms with Crippen molar-refractivity contribution in [2.24, 2.45) is 5.92 Å². The fraction of sp³-hybridized carbons (Fsp3) is 0.375. The molecule has 2 aliphatic rings. The molecule has 2 N–H and O–H groups in total. The average molecular weight is 437 g/mol. The van der Waals surface area contributed by atoms with Crippen LogP contribution < -0.4 is 25.0 Å². The maximum Gasteiger partial charge on any atom is 0.227 e. The normalized spacial score (nSPS) is 17.2. The van der Waals surface area contributed by atoms with E-state index in [0.717, 1.165) is 17.7 Å². The number of hydrogen-bond acceptors (Lipinski definition) is 5. The van der Waals surface area contributed by atoms with Gasteiger partial charge in [0, 0.05) is 43.4 Å². The summed E-state index contributed by atoms with van der Waals surface area (Å²) in [7, 11) is 0. The van der Waals surface area contributed by atoms with Crippen LogP contribution in [0.15, 0.2) is 42.5 Å². The standard InChI is InChI=1S/C24H27N3O5/c1-2-3-22(28)26-18-6-4-16(5-7-18)14-25-24(30)17-12-23(29)27(15-17)19-8-9-20-21(13-19)32-11-10-31-20/h4-9,13,17H,2-3,10-12,14-15H2,1H3,(H,25,30)(H,26,28). The molecule has 1 saturated heterocycles. The van der Waals surface area contributed by atoms with Crippen LogP contribution in [-0.2, 0) is 20.9 Å². The Bertz CT molecular complexity index is 1010.